The summed E-state index contributed by atoms with van der Waals surface area (Å²) >= 11 is 0. The van der Waals surface area contributed by atoms with E-state index >= 15 is 0 Å². The van der Waals surface area contributed by atoms with E-state index in [0.717, 1.165) is 17.2 Å². The van der Waals surface area contributed by atoms with Gasteiger partial charge in [-0.2, -0.15) is 18.3 Å². The molecule has 26 heavy (non-hydrogen) atoms. The van der Waals surface area contributed by atoms with E-state index in [1.54, 1.807) is 6.21 Å². The highest BCUT2D eigenvalue weighted by Gasteiger charge is 2.56. The molecule has 0 heterocycles. The molecule has 0 amide bonds. The van der Waals surface area contributed by atoms with Crippen molar-refractivity contribution in [1.29, 1.82) is 0 Å². The number of hydrogen-bond donors (Lipinski definition) is 2. The van der Waals surface area contributed by atoms with Crippen molar-refractivity contribution in [2.75, 3.05) is 0 Å². The number of fused-ring (bicyclic) bond motifs is 3. The fourth-order valence-corrected chi connectivity index (χ4v) is 4.72. The number of nitrogens with one attached hydrogen (secondary N) is 1. The zero-order chi connectivity index (χ0) is 18.3. The fourth-order valence-electron chi connectivity index (χ4n) is 4.72. The molecule has 2 saturated carbocycles. The molecule has 2 aromatic rings. The maximum absolute atomic E-state index is 13.1. The molecular weight excluding hydrogens is 341 g/mol. The maximum Gasteiger partial charge on any atom is 0.392 e. The monoisotopic (exact) mass is 362 g/mol. The van der Waals surface area contributed by atoms with Gasteiger partial charge in [0.1, 0.15) is 0 Å². The summed E-state index contributed by atoms with van der Waals surface area (Å²) in [6.45, 7) is 0. The second-order valence-electron chi connectivity index (χ2n) is 7.43. The lowest BCUT2D eigenvalue weighted by Gasteiger charge is -2.28. The molecular formula is C20H21F3N2O. The van der Waals surface area contributed by atoms with Gasteiger partial charge in [0.2, 0.25) is 0 Å². The molecule has 0 spiro atoms. The Hall–Kier alpha value is -2.08. The van der Waals surface area contributed by atoms with E-state index in [1.165, 1.54) is 0 Å². The zero-order valence-electron chi connectivity index (χ0n) is 14.2. The molecule has 6 heteroatoms. The summed E-state index contributed by atoms with van der Waals surface area (Å²) < 4.78 is 39.3. The van der Waals surface area contributed by atoms with E-state index in [9.17, 15) is 18.3 Å². The molecule has 0 aliphatic heterocycles. The van der Waals surface area contributed by atoms with Crippen molar-refractivity contribution >= 4 is 17.0 Å². The van der Waals surface area contributed by atoms with Crippen LogP contribution in [0.1, 0.15) is 31.1 Å². The highest BCUT2D eigenvalue weighted by molar-refractivity contribution is 5.85. The lowest BCUT2D eigenvalue weighted by Crippen LogP contribution is -2.33. The fraction of sp³-hybridized carbons (Fsp3) is 0.450. The number of halogens is 3. The molecule has 5 unspecified atom stereocenters. The van der Waals surface area contributed by atoms with Crippen LogP contribution in [0, 0.1) is 23.7 Å². The Balaban J connectivity index is 1.44. The van der Waals surface area contributed by atoms with Crippen molar-refractivity contribution in [3.05, 3.63) is 48.0 Å². The normalized spacial score (nSPS) is 29.5. The molecule has 138 valence electrons. The van der Waals surface area contributed by atoms with Gasteiger partial charge in [0.25, 0.3) is 0 Å². The molecule has 2 aliphatic carbocycles. The first-order chi connectivity index (χ1) is 12.4. The van der Waals surface area contributed by atoms with Crippen LogP contribution in [0.5, 0.6) is 0 Å². The standard InChI is InChI=1S/C20H21F3N2O/c21-20(22,23)18-10-12-8-14(17(18)9-12)11-24-25-19(26)16-7-3-5-13-4-1-2-6-15(13)16/h1-7,11-12,14,17-19,25-26H,8-10H2/b24-11+. The lowest BCUT2D eigenvalue weighted by atomic mass is 9.81. The summed E-state index contributed by atoms with van der Waals surface area (Å²) in [5.74, 6) is -1.61. The van der Waals surface area contributed by atoms with E-state index in [1.807, 2.05) is 42.5 Å². The Kier molecular flexibility index (Phi) is 4.39. The van der Waals surface area contributed by atoms with Gasteiger partial charge in [-0.15, -0.1) is 0 Å². The van der Waals surface area contributed by atoms with Crippen molar-refractivity contribution in [3.63, 3.8) is 0 Å². The van der Waals surface area contributed by atoms with Gasteiger partial charge < -0.3 is 5.11 Å². The SMILES string of the molecule is OC(N/N=C/C1CC2CC1C(C(F)(F)F)C2)c1cccc2ccccc12. The summed E-state index contributed by atoms with van der Waals surface area (Å²) in [6.07, 6.45) is -1.92. The third-order valence-corrected chi connectivity index (χ3v) is 5.87. The summed E-state index contributed by atoms with van der Waals surface area (Å²) in [5.41, 5.74) is 3.37. The Morgan fingerprint density at radius 2 is 1.85 bits per heavy atom. The largest absolute Gasteiger partial charge is 0.392 e. The minimum absolute atomic E-state index is 0.145. The molecule has 3 nitrogen and oxygen atoms in total. The maximum atomic E-state index is 13.1. The second kappa shape index (κ2) is 6.58. The van der Waals surface area contributed by atoms with Gasteiger partial charge in [-0.1, -0.05) is 42.5 Å². The van der Waals surface area contributed by atoms with Gasteiger partial charge in [-0.3, -0.25) is 5.43 Å². The van der Waals surface area contributed by atoms with Crippen molar-refractivity contribution in [1.82, 2.24) is 5.43 Å². The van der Waals surface area contributed by atoms with Crippen molar-refractivity contribution in [2.24, 2.45) is 28.8 Å². The van der Waals surface area contributed by atoms with Crippen LogP contribution in [0.2, 0.25) is 0 Å². The Bertz CT molecular complexity index is 815. The first kappa shape index (κ1) is 17.3. The van der Waals surface area contributed by atoms with Gasteiger partial charge in [0.15, 0.2) is 6.23 Å². The second-order valence-corrected chi connectivity index (χ2v) is 7.43. The topological polar surface area (TPSA) is 44.6 Å². The van der Waals surface area contributed by atoms with Crippen LogP contribution in [-0.4, -0.2) is 17.5 Å². The minimum Gasteiger partial charge on any atom is -0.368 e. The average molecular weight is 362 g/mol. The molecule has 5 atom stereocenters. The van der Waals surface area contributed by atoms with Gasteiger partial charge in [-0.25, -0.2) is 0 Å². The Labute approximate surface area is 149 Å². The lowest BCUT2D eigenvalue weighted by molar-refractivity contribution is -0.189. The van der Waals surface area contributed by atoms with Crippen molar-refractivity contribution in [3.8, 4) is 0 Å². The highest BCUT2D eigenvalue weighted by Crippen LogP contribution is 2.56. The minimum atomic E-state index is -4.12. The number of rotatable bonds is 4. The number of nitrogens with zero attached hydrogens (tertiary/aromatic N) is 1. The molecule has 0 saturated heterocycles. The molecule has 0 radical (unpaired) electrons. The molecule has 4 rings (SSSR count). The molecule has 0 aromatic heterocycles. The van der Waals surface area contributed by atoms with E-state index < -0.39 is 18.3 Å². The summed E-state index contributed by atoms with van der Waals surface area (Å²) in [5, 5.41) is 16.4. The van der Waals surface area contributed by atoms with Gasteiger partial charge in [0.05, 0.1) is 5.92 Å². The third-order valence-electron chi connectivity index (χ3n) is 5.87. The van der Waals surface area contributed by atoms with E-state index in [0.29, 0.717) is 12.0 Å². The first-order valence-corrected chi connectivity index (χ1v) is 8.94. The van der Waals surface area contributed by atoms with Crippen LogP contribution in [0.25, 0.3) is 10.8 Å². The quantitative estimate of drug-likeness (QED) is 0.473. The summed E-state index contributed by atoms with van der Waals surface area (Å²) in [7, 11) is 0. The van der Waals surface area contributed by atoms with Gasteiger partial charge >= 0.3 is 6.18 Å². The van der Waals surface area contributed by atoms with Crippen LogP contribution in [0.4, 0.5) is 13.2 Å². The Morgan fingerprint density at radius 3 is 2.62 bits per heavy atom. The zero-order valence-corrected chi connectivity index (χ0v) is 14.2. The number of aliphatic hydroxyl groups is 1. The first-order valence-electron chi connectivity index (χ1n) is 8.94. The van der Waals surface area contributed by atoms with E-state index in [4.69, 9.17) is 0 Å². The summed E-state index contributed by atoms with van der Waals surface area (Å²) in [4.78, 5) is 0. The average Bonchev–Trinajstić information content (AvgIpc) is 3.21. The van der Waals surface area contributed by atoms with Crippen LogP contribution in [0.3, 0.4) is 0 Å². The van der Waals surface area contributed by atoms with Crippen molar-refractivity contribution in [2.45, 2.75) is 31.7 Å². The number of aliphatic hydroxyl groups excluding tert-OH is 1. The highest BCUT2D eigenvalue weighted by atomic mass is 19.4. The number of benzene rings is 2. The van der Waals surface area contributed by atoms with E-state index in [-0.39, 0.29) is 24.2 Å². The number of hydrazone groups is 1. The third kappa shape index (κ3) is 3.18. The smallest absolute Gasteiger partial charge is 0.368 e. The molecule has 2 fully saturated rings. The van der Waals surface area contributed by atoms with Crippen LogP contribution < -0.4 is 5.43 Å². The number of hydrogen-bond acceptors (Lipinski definition) is 3. The Morgan fingerprint density at radius 1 is 1.08 bits per heavy atom. The molecule has 2 N–H and O–H groups in total. The predicted molar refractivity (Wildman–Crippen MR) is 94.4 cm³/mol. The van der Waals surface area contributed by atoms with Crippen molar-refractivity contribution < 1.29 is 18.3 Å². The van der Waals surface area contributed by atoms with Crippen LogP contribution in [-0.2, 0) is 0 Å². The van der Waals surface area contributed by atoms with Crippen LogP contribution in [0.15, 0.2) is 47.6 Å². The molecule has 2 aliphatic rings. The predicted octanol–water partition coefficient (Wildman–Crippen LogP) is 4.63. The molecule has 2 bridgehead atoms. The van der Waals surface area contributed by atoms with Gasteiger partial charge in [-0.05, 0) is 47.8 Å². The summed E-state index contributed by atoms with van der Waals surface area (Å²) in [6, 6.07) is 13.3. The number of alkyl halides is 3. The molecule has 2 aromatic carbocycles. The van der Waals surface area contributed by atoms with Crippen LogP contribution >= 0.6 is 0 Å². The van der Waals surface area contributed by atoms with E-state index in [2.05, 4.69) is 10.5 Å². The van der Waals surface area contributed by atoms with Gasteiger partial charge in [0, 0.05) is 11.8 Å².